The second kappa shape index (κ2) is 16.8. The van der Waals surface area contributed by atoms with E-state index in [1.165, 1.54) is 50.5 Å². The normalized spacial score (nSPS) is 15.8. The number of carbonyl (C=O) groups is 2. The van der Waals surface area contributed by atoms with Crippen molar-refractivity contribution < 1.29 is 23.8 Å². The highest BCUT2D eigenvalue weighted by atomic mass is 16.5. The summed E-state index contributed by atoms with van der Waals surface area (Å²) in [5.41, 5.74) is 2.34. The summed E-state index contributed by atoms with van der Waals surface area (Å²) in [5.74, 6) is 1.20. The molecule has 0 amide bonds. The molecular weight excluding hydrogens is 488 g/mol. The molecule has 0 saturated carbocycles. The molecule has 0 radical (unpaired) electrons. The highest BCUT2D eigenvalue weighted by Crippen LogP contribution is 2.29. The van der Waals surface area contributed by atoms with Crippen LogP contribution in [0.25, 0.3) is 0 Å². The lowest BCUT2D eigenvalue weighted by atomic mass is 9.82. The molecule has 1 aliphatic carbocycles. The summed E-state index contributed by atoms with van der Waals surface area (Å²) in [4.78, 5) is 25.1. The summed E-state index contributed by atoms with van der Waals surface area (Å²) < 4.78 is 16.9. The van der Waals surface area contributed by atoms with Crippen molar-refractivity contribution in [1.82, 2.24) is 0 Å². The van der Waals surface area contributed by atoms with Gasteiger partial charge in [-0.15, -0.1) is 0 Å². The quantitative estimate of drug-likeness (QED) is 0.0931. The molecule has 0 aromatic heterocycles. The van der Waals surface area contributed by atoms with E-state index >= 15 is 0 Å². The smallest absolute Gasteiger partial charge is 0.343 e. The fourth-order valence-corrected chi connectivity index (χ4v) is 4.87. The molecule has 5 nitrogen and oxygen atoms in total. The van der Waals surface area contributed by atoms with Crippen LogP contribution < -0.4 is 9.47 Å². The van der Waals surface area contributed by atoms with E-state index in [0.717, 1.165) is 31.4 Å². The molecule has 3 rings (SSSR count). The Hall–Kier alpha value is -3.08. The zero-order valence-corrected chi connectivity index (χ0v) is 24.1. The number of hydrogen-bond donors (Lipinski definition) is 0. The number of benzene rings is 2. The first-order valence-corrected chi connectivity index (χ1v) is 14.8. The summed E-state index contributed by atoms with van der Waals surface area (Å²) in [6.07, 6.45) is 15.7. The van der Waals surface area contributed by atoms with Crippen molar-refractivity contribution in [2.75, 3.05) is 13.2 Å². The van der Waals surface area contributed by atoms with Crippen LogP contribution in [0.15, 0.2) is 60.2 Å². The lowest BCUT2D eigenvalue weighted by molar-refractivity contribution is 0.0401. The predicted molar refractivity (Wildman–Crippen MR) is 156 cm³/mol. The second-order valence-electron chi connectivity index (χ2n) is 10.9. The molecule has 2 aromatic rings. The minimum atomic E-state index is -0.453. The van der Waals surface area contributed by atoms with Crippen LogP contribution in [0.1, 0.15) is 112 Å². The minimum Gasteiger partial charge on any atom is -0.494 e. The molecule has 0 N–H and O–H groups in total. The number of esters is 2. The molecule has 0 aliphatic heterocycles. The average Bonchev–Trinajstić information content (AvgIpc) is 2.96. The Labute approximate surface area is 234 Å². The van der Waals surface area contributed by atoms with Gasteiger partial charge in [0.1, 0.15) is 11.5 Å². The van der Waals surface area contributed by atoms with Gasteiger partial charge < -0.3 is 14.2 Å². The molecule has 212 valence electrons. The first-order chi connectivity index (χ1) is 19.0. The predicted octanol–water partition coefficient (Wildman–Crippen LogP) is 8.96. The van der Waals surface area contributed by atoms with Crippen LogP contribution in [0.2, 0.25) is 0 Å². The fourth-order valence-electron chi connectivity index (χ4n) is 4.87. The lowest BCUT2D eigenvalue weighted by Gasteiger charge is -2.26. The Morgan fingerprint density at radius 3 is 2.03 bits per heavy atom. The van der Waals surface area contributed by atoms with E-state index in [1.807, 2.05) is 0 Å². The van der Waals surface area contributed by atoms with Gasteiger partial charge in [-0.25, -0.2) is 9.59 Å². The van der Waals surface area contributed by atoms with Gasteiger partial charge in [0.15, 0.2) is 0 Å². The number of rotatable bonds is 16. The van der Waals surface area contributed by atoms with E-state index in [1.54, 1.807) is 48.5 Å². The maximum absolute atomic E-state index is 12.6. The van der Waals surface area contributed by atoms with Crippen LogP contribution in [0, 0.1) is 11.8 Å². The molecule has 0 bridgehead atoms. The van der Waals surface area contributed by atoms with Gasteiger partial charge in [-0.1, -0.05) is 70.4 Å². The Morgan fingerprint density at radius 1 is 0.821 bits per heavy atom. The van der Waals surface area contributed by atoms with Crippen LogP contribution in [0.5, 0.6) is 11.5 Å². The first kappa shape index (κ1) is 30.5. The van der Waals surface area contributed by atoms with Crippen molar-refractivity contribution in [2.24, 2.45) is 11.8 Å². The maximum atomic E-state index is 12.6. The van der Waals surface area contributed by atoms with Crippen molar-refractivity contribution in [2.45, 2.75) is 91.4 Å². The van der Waals surface area contributed by atoms with E-state index in [2.05, 4.69) is 26.8 Å². The van der Waals surface area contributed by atoms with E-state index in [9.17, 15) is 9.59 Å². The fraction of sp³-hybridized carbons (Fsp3) is 0.529. The van der Waals surface area contributed by atoms with Crippen molar-refractivity contribution in [3.63, 3.8) is 0 Å². The molecular formula is C34H46O5. The zero-order valence-electron chi connectivity index (χ0n) is 24.1. The highest BCUT2D eigenvalue weighted by molar-refractivity contribution is 5.92. The van der Waals surface area contributed by atoms with E-state index < -0.39 is 5.97 Å². The van der Waals surface area contributed by atoms with Crippen molar-refractivity contribution in [1.29, 1.82) is 0 Å². The van der Waals surface area contributed by atoms with Gasteiger partial charge >= 0.3 is 11.9 Å². The van der Waals surface area contributed by atoms with Gasteiger partial charge in [0, 0.05) is 0 Å². The monoisotopic (exact) mass is 534 g/mol. The van der Waals surface area contributed by atoms with Gasteiger partial charge in [0.2, 0.25) is 0 Å². The Bertz CT molecular complexity index is 1040. The van der Waals surface area contributed by atoms with Gasteiger partial charge in [0.05, 0.1) is 24.3 Å². The van der Waals surface area contributed by atoms with Crippen molar-refractivity contribution in [3.8, 4) is 11.5 Å². The second-order valence-corrected chi connectivity index (χ2v) is 10.9. The van der Waals surface area contributed by atoms with Crippen molar-refractivity contribution >= 4 is 11.9 Å². The van der Waals surface area contributed by atoms with Crippen LogP contribution in [-0.2, 0) is 4.74 Å². The molecule has 2 unspecified atom stereocenters. The molecule has 2 aromatic carbocycles. The summed E-state index contributed by atoms with van der Waals surface area (Å²) in [6, 6.07) is 13.5. The van der Waals surface area contributed by atoms with Gasteiger partial charge in [-0.3, -0.25) is 0 Å². The SMILES string of the molecule is CCCCCCCCCCOc1ccc(C(=O)Oc2ccc(C(=O)OCC(C)C3CC=C(C)CC3)cc2)cc1. The number of allylic oxidation sites excluding steroid dienone is 2. The van der Waals surface area contributed by atoms with Crippen LogP contribution in [0.4, 0.5) is 0 Å². The number of unbranched alkanes of at least 4 members (excludes halogenated alkanes) is 7. The molecule has 1 aliphatic rings. The summed E-state index contributed by atoms with van der Waals surface area (Å²) in [7, 11) is 0. The lowest BCUT2D eigenvalue weighted by Crippen LogP contribution is -2.21. The molecule has 0 saturated heterocycles. The van der Waals surface area contributed by atoms with Crippen LogP contribution in [-0.4, -0.2) is 25.2 Å². The highest BCUT2D eigenvalue weighted by Gasteiger charge is 2.21. The van der Waals surface area contributed by atoms with Gasteiger partial charge in [-0.05, 0) is 93.0 Å². The third-order valence-corrected chi connectivity index (χ3v) is 7.62. The Kier molecular flexibility index (Phi) is 13.1. The Morgan fingerprint density at radius 2 is 1.41 bits per heavy atom. The standard InChI is InChI=1S/C34H46O5/c1-4-5-6-7-8-9-10-11-24-37-31-20-16-30(17-21-31)34(36)39-32-22-18-29(19-23-32)33(35)38-25-27(3)28-14-12-26(2)13-15-28/h12,16-23,27-28H,4-11,13-15,24-25H2,1-3H3. The van der Waals surface area contributed by atoms with Gasteiger partial charge in [0.25, 0.3) is 0 Å². The average molecular weight is 535 g/mol. The first-order valence-electron chi connectivity index (χ1n) is 14.8. The van der Waals surface area contributed by atoms with Crippen molar-refractivity contribution in [3.05, 3.63) is 71.3 Å². The summed E-state index contributed by atoms with van der Waals surface area (Å²) in [5, 5.41) is 0. The third kappa shape index (κ3) is 10.9. The molecule has 5 heteroatoms. The third-order valence-electron chi connectivity index (χ3n) is 7.62. The largest absolute Gasteiger partial charge is 0.494 e. The summed E-state index contributed by atoms with van der Waals surface area (Å²) in [6.45, 7) is 7.65. The summed E-state index contributed by atoms with van der Waals surface area (Å²) >= 11 is 0. The number of hydrogen-bond acceptors (Lipinski definition) is 5. The molecule has 39 heavy (non-hydrogen) atoms. The topological polar surface area (TPSA) is 61.8 Å². The molecule has 0 heterocycles. The number of ether oxygens (including phenoxy) is 3. The molecule has 0 fully saturated rings. The minimum absolute atomic E-state index is 0.320. The Balaban J connectivity index is 1.35. The maximum Gasteiger partial charge on any atom is 0.343 e. The van der Waals surface area contributed by atoms with Gasteiger partial charge in [-0.2, -0.15) is 0 Å². The van der Waals surface area contributed by atoms with E-state index in [0.29, 0.717) is 41.9 Å². The van der Waals surface area contributed by atoms with E-state index in [-0.39, 0.29) is 5.97 Å². The molecule has 2 atom stereocenters. The van der Waals surface area contributed by atoms with Crippen LogP contribution in [0.3, 0.4) is 0 Å². The van der Waals surface area contributed by atoms with E-state index in [4.69, 9.17) is 14.2 Å². The van der Waals surface area contributed by atoms with Crippen LogP contribution >= 0.6 is 0 Å². The molecule has 0 spiro atoms. The zero-order chi connectivity index (χ0) is 27.9. The number of carbonyl (C=O) groups excluding carboxylic acids is 2.